The van der Waals surface area contributed by atoms with E-state index in [0.717, 1.165) is 4.47 Å². The Morgan fingerprint density at radius 3 is 2.55 bits per heavy atom. The summed E-state index contributed by atoms with van der Waals surface area (Å²) in [5.41, 5.74) is 0.347. The first-order valence-electron chi connectivity index (χ1n) is 8.47. The van der Waals surface area contributed by atoms with Gasteiger partial charge in [-0.1, -0.05) is 45.7 Å². The number of rotatable bonds is 8. The summed E-state index contributed by atoms with van der Waals surface area (Å²) < 4.78 is 43.6. The van der Waals surface area contributed by atoms with Gasteiger partial charge in [-0.15, -0.1) is 0 Å². The highest BCUT2D eigenvalue weighted by Crippen LogP contribution is 2.27. The topological polar surface area (TPSA) is 67.4 Å². The highest BCUT2D eigenvalue weighted by Gasteiger charge is 2.38. The van der Waals surface area contributed by atoms with Gasteiger partial charge < -0.3 is 15.4 Å². The van der Waals surface area contributed by atoms with Gasteiger partial charge in [-0.05, 0) is 36.2 Å². The molecule has 5 nitrogen and oxygen atoms in total. The first-order chi connectivity index (χ1) is 13.7. The van der Waals surface area contributed by atoms with E-state index in [9.17, 15) is 22.8 Å². The summed E-state index contributed by atoms with van der Waals surface area (Å²) >= 11 is 9.32. The molecule has 2 rings (SSSR count). The lowest BCUT2D eigenvalue weighted by Gasteiger charge is -2.13. The Kier molecular flexibility index (Phi) is 8.33. The Labute approximate surface area is 178 Å². The SMILES string of the molecule is O=C(CCCOc1ccc(Br)cc1Cl)NCc1ccccc1NC(=O)C(F)(F)F. The Balaban J connectivity index is 1.78. The molecule has 2 aromatic carbocycles. The molecule has 0 radical (unpaired) electrons. The largest absolute Gasteiger partial charge is 0.492 e. The van der Waals surface area contributed by atoms with E-state index in [0.29, 0.717) is 22.8 Å². The fourth-order valence-electron chi connectivity index (χ4n) is 2.28. The van der Waals surface area contributed by atoms with Gasteiger partial charge in [0.25, 0.3) is 0 Å². The van der Waals surface area contributed by atoms with Crippen LogP contribution < -0.4 is 15.4 Å². The Hall–Kier alpha value is -2.26. The zero-order valence-corrected chi connectivity index (χ0v) is 17.3. The molecule has 29 heavy (non-hydrogen) atoms. The monoisotopic (exact) mass is 492 g/mol. The molecule has 2 N–H and O–H groups in total. The van der Waals surface area contributed by atoms with Crippen molar-refractivity contribution >= 4 is 45.0 Å². The predicted octanol–water partition coefficient (Wildman–Crippen LogP) is 5.08. The van der Waals surface area contributed by atoms with Crippen LogP contribution in [-0.4, -0.2) is 24.6 Å². The minimum atomic E-state index is -4.99. The maximum absolute atomic E-state index is 12.4. The van der Waals surface area contributed by atoms with Crippen LogP contribution in [0.3, 0.4) is 0 Å². The van der Waals surface area contributed by atoms with E-state index in [2.05, 4.69) is 21.2 Å². The van der Waals surface area contributed by atoms with Gasteiger partial charge in [-0.25, -0.2) is 0 Å². The lowest BCUT2D eigenvalue weighted by atomic mass is 10.1. The van der Waals surface area contributed by atoms with Gasteiger partial charge in [0.15, 0.2) is 0 Å². The molecular weight excluding hydrogens is 477 g/mol. The van der Waals surface area contributed by atoms with E-state index in [1.807, 2.05) is 0 Å². The summed E-state index contributed by atoms with van der Waals surface area (Å²) in [6, 6.07) is 11.1. The number of carbonyl (C=O) groups excluding carboxylic acids is 2. The Morgan fingerprint density at radius 1 is 1.14 bits per heavy atom. The second-order valence-electron chi connectivity index (χ2n) is 5.91. The van der Waals surface area contributed by atoms with E-state index in [1.54, 1.807) is 29.6 Å². The van der Waals surface area contributed by atoms with Crippen LogP contribution in [0, 0.1) is 0 Å². The number of para-hydroxylation sites is 1. The van der Waals surface area contributed by atoms with E-state index in [1.165, 1.54) is 18.2 Å². The number of carbonyl (C=O) groups is 2. The molecule has 156 valence electrons. The van der Waals surface area contributed by atoms with Crippen LogP contribution in [0.25, 0.3) is 0 Å². The zero-order valence-electron chi connectivity index (χ0n) is 15.0. The molecule has 0 spiro atoms. The highest BCUT2D eigenvalue weighted by atomic mass is 79.9. The molecule has 0 saturated heterocycles. The van der Waals surface area contributed by atoms with Gasteiger partial charge in [0, 0.05) is 23.1 Å². The maximum Gasteiger partial charge on any atom is 0.471 e. The molecule has 0 saturated carbocycles. The van der Waals surface area contributed by atoms with Crippen molar-refractivity contribution < 1.29 is 27.5 Å². The van der Waals surface area contributed by atoms with Crippen molar-refractivity contribution in [3.8, 4) is 5.75 Å². The lowest BCUT2D eigenvalue weighted by Crippen LogP contribution is -2.31. The van der Waals surface area contributed by atoms with Crippen molar-refractivity contribution in [3.05, 3.63) is 57.5 Å². The maximum atomic E-state index is 12.4. The van der Waals surface area contributed by atoms with Gasteiger partial charge in [-0.2, -0.15) is 13.2 Å². The number of hydrogen-bond acceptors (Lipinski definition) is 3. The molecule has 0 aliphatic carbocycles. The summed E-state index contributed by atoms with van der Waals surface area (Å²) in [6.45, 7) is 0.250. The number of halogens is 5. The van der Waals surface area contributed by atoms with Crippen molar-refractivity contribution in [2.24, 2.45) is 0 Å². The van der Waals surface area contributed by atoms with E-state index >= 15 is 0 Å². The molecule has 2 aromatic rings. The number of anilines is 1. The van der Waals surface area contributed by atoms with Crippen molar-refractivity contribution in [2.75, 3.05) is 11.9 Å². The molecule has 2 amide bonds. The second-order valence-corrected chi connectivity index (χ2v) is 7.24. The quantitative estimate of drug-likeness (QED) is 0.504. The smallest absolute Gasteiger partial charge is 0.471 e. The van der Waals surface area contributed by atoms with Crippen molar-refractivity contribution in [2.45, 2.75) is 25.6 Å². The van der Waals surface area contributed by atoms with Crippen LogP contribution in [0.15, 0.2) is 46.9 Å². The normalized spacial score (nSPS) is 11.1. The molecule has 0 unspecified atom stereocenters. The van der Waals surface area contributed by atoms with Crippen molar-refractivity contribution in [1.82, 2.24) is 5.32 Å². The van der Waals surface area contributed by atoms with Crippen LogP contribution in [0.4, 0.5) is 18.9 Å². The fraction of sp³-hybridized carbons (Fsp3) is 0.263. The zero-order chi connectivity index (χ0) is 21.4. The van der Waals surface area contributed by atoms with Crippen LogP contribution in [0.2, 0.25) is 5.02 Å². The third kappa shape index (κ3) is 7.58. The number of ether oxygens (including phenoxy) is 1. The van der Waals surface area contributed by atoms with Crippen LogP contribution >= 0.6 is 27.5 Å². The van der Waals surface area contributed by atoms with Crippen molar-refractivity contribution in [3.63, 3.8) is 0 Å². The van der Waals surface area contributed by atoms with Gasteiger partial charge >= 0.3 is 12.1 Å². The van der Waals surface area contributed by atoms with Gasteiger partial charge in [0.2, 0.25) is 5.91 Å². The van der Waals surface area contributed by atoms with E-state index in [4.69, 9.17) is 16.3 Å². The standard InChI is InChI=1S/C19H17BrClF3N2O3/c20-13-7-8-16(14(21)10-13)29-9-3-6-17(27)25-11-12-4-1-2-5-15(12)26-18(28)19(22,23)24/h1-2,4-5,7-8,10H,3,6,9,11H2,(H,25,27)(H,26,28). The summed E-state index contributed by atoms with van der Waals surface area (Å²) in [7, 11) is 0. The summed E-state index contributed by atoms with van der Waals surface area (Å²) in [5, 5.41) is 4.86. The molecule has 0 bridgehead atoms. The fourth-order valence-corrected chi connectivity index (χ4v) is 3.01. The first-order valence-corrected chi connectivity index (χ1v) is 9.64. The van der Waals surface area contributed by atoms with E-state index < -0.39 is 12.1 Å². The van der Waals surface area contributed by atoms with Crippen molar-refractivity contribution in [1.29, 1.82) is 0 Å². The molecule has 0 aliphatic rings. The third-order valence-electron chi connectivity index (χ3n) is 3.70. The molecule has 0 aliphatic heterocycles. The highest BCUT2D eigenvalue weighted by molar-refractivity contribution is 9.10. The molecule has 0 fully saturated rings. The third-order valence-corrected chi connectivity index (χ3v) is 4.49. The Bertz CT molecular complexity index is 878. The minimum absolute atomic E-state index is 0.0108. The first kappa shape index (κ1) is 23.0. The second kappa shape index (κ2) is 10.5. The van der Waals surface area contributed by atoms with Gasteiger partial charge in [0.05, 0.1) is 11.6 Å². The number of benzene rings is 2. The summed E-state index contributed by atoms with van der Waals surface area (Å²) in [4.78, 5) is 23.1. The summed E-state index contributed by atoms with van der Waals surface area (Å²) in [5.74, 6) is -1.86. The van der Waals surface area contributed by atoms with Crippen LogP contribution in [0.5, 0.6) is 5.75 Å². The minimum Gasteiger partial charge on any atom is -0.492 e. The molecule has 0 aromatic heterocycles. The Morgan fingerprint density at radius 2 is 1.86 bits per heavy atom. The number of amides is 2. The lowest BCUT2D eigenvalue weighted by molar-refractivity contribution is -0.167. The van der Waals surface area contributed by atoms with Gasteiger partial charge in [-0.3, -0.25) is 9.59 Å². The average molecular weight is 494 g/mol. The molecule has 10 heteroatoms. The predicted molar refractivity (Wildman–Crippen MR) is 107 cm³/mol. The van der Waals surface area contributed by atoms with Gasteiger partial charge in [0.1, 0.15) is 5.75 Å². The molecule has 0 heterocycles. The number of alkyl halides is 3. The van der Waals surface area contributed by atoms with Crippen LogP contribution in [-0.2, 0) is 16.1 Å². The van der Waals surface area contributed by atoms with Crippen LogP contribution in [0.1, 0.15) is 18.4 Å². The number of nitrogens with one attached hydrogen (secondary N) is 2. The molecular formula is C19H17BrClF3N2O3. The molecule has 0 atom stereocenters. The van der Waals surface area contributed by atoms with E-state index in [-0.39, 0.29) is 31.2 Å². The average Bonchev–Trinajstić information content (AvgIpc) is 2.65. The summed E-state index contributed by atoms with van der Waals surface area (Å²) in [6.07, 6.45) is -4.41. The number of hydrogen-bond donors (Lipinski definition) is 2.